The second-order valence-corrected chi connectivity index (χ2v) is 6.65. The SMILES string of the molecule is CCc1nc(NS(=O)(=O)c2ccc3c(c2)NC(=O)C(C)O3)n[nH]1. The molecule has 1 atom stereocenters. The summed E-state index contributed by atoms with van der Waals surface area (Å²) in [6.45, 7) is 3.48. The molecule has 23 heavy (non-hydrogen) atoms. The summed E-state index contributed by atoms with van der Waals surface area (Å²) in [5, 5.41) is 9.02. The molecule has 1 unspecified atom stereocenters. The average Bonchev–Trinajstić information content (AvgIpc) is 2.95. The van der Waals surface area contributed by atoms with E-state index in [0.29, 0.717) is 23.7 Å². The smallest absolute Gasteiger partial charge is 0.265 e. The van der Waals surface area contributed by atoms with E-state index >= 15 is 0 Å². The Hall–Kier alpha value is -2.62. The van der Waals surface area contributed by atoms with Crippen LogP contribution in [0.15, 0.2) is 23.1 Å². The molecule has 1 aromatic heterocycles. The molecule has 9 nitrogen and oxygen atoms in total. The number of aromatic amines is 1. The standard InChI is InChI=1S/C13H15N5O4S/c1-3-11-15-13(17-16-11)18-23(20,21)8-4-5-10-9(6-8)14-12(19)7(2)22-10/h4-7H,3H2,1-2H3,(H,14,19)(H2,15,16,17,18). The Labute approximate surface area is 132 Å². The lowest BCUT2D eigenvalue weighted by molar-refractivity contribution is -0.122. The molecule has 1 aliphatic rings. The number of carbonyl (C=O) groups excluding carboxylic acids is 1. The van der Waals surface area contributed by atoms with Crippen molar-refractivity contribution in [1.29, 1.82) is 0 Å². The van der Waals surface area contributed by atoms with Crippen molar-refractivity contribution < 1.29 is 17.9 Å². The van der Waals surface area contributed by atoms with Crippen LogP contribution in [0.25, 0.3) is 0 Å². The number of aromatic nitrogens is 3. The second kappa shape index (κ2) is 5.54. The second-order valence-electron chi connectivity index (χ2n) is 4.97. The molecule has 0 fully saturated rings. The summed E-state index contributed by atoms with van der Waals surface area (Å²) in [5.41, 5.74) is 0.306. The molecule has 1 amide bonds. The fourth-order valence-corrected chi connectivity index (χ4v) is 3.00. The number of carbonyl (C=O) groups is 1. The van der Waals surface area contributed by atoms with Crippen LogP contribution in [0.2, 0.25) is 0 Å². The predicted octanol–water partition coefficient (Wildman–Crippen LogP) is 0.887. The molecular weight excluding hydrogens is 322 g/mol. The lowest BCUT2D eigenvalue weighted by Gasteiger charge is -2.23. The topological polar surface area (TPSA) is 126 Å². The first-order valence-electron chi connectivity index (χ1n) is 6.94. The van der Waals surface area contributed by atoms with Gasteiger partial charge in [0.1, 0.15) is 11.6 Å². The van der Waals surface area contributed by atoms with Crippen LogP contribution in [-0.4, -0.2) is 35.6 Å². The van der Waals surface area contributed by atoms with Crippen molar-refractivity contribution >= 4 is 27.6 Å². The highest BCUT2D eigenvalue weighted by Gasteiger charge is 2.26. The van der Waals surface area contributed by atoms with Crippen LogP contribution in [-0.2, 0) is 21.2 Å². The zero-order valence-electron chi connectivity index (χ0n) is 12.5. The Morgan fingerprint density at radius 1 is 1.39 bits per heavy atom. The summed E-state index contributed by atoms with van der Waals surface area (Å²) >= 11 is 0. The molecule has 10 heteroatoms. The van der Waals surface area contributed by atoms with Gasteiger partial charge in [0.05, 0.1) is 10.6 Å². The maximum absolute atomic E-state index is 12.4. The van der Waals surface area contributed by atoms with Crippen LogP contribution < -0.4 is 14.8 Å². The molecule has 0 aliphatic carbocycles. The minimum atomic E-state index is -3.87. The van der Waals surface area contributed by atoms with Crippen LogP contribution in [0.1, 0.15) is 19.7 Å². The Morgan fingerprint density at radius 3 is 2.87 bits per heavy atom. The normalized spacial score (nSPS) is 17.1. The molecule has 0 saturated carbocycles. The Bertz CT molecular complexity index is 861. The zero-order valence-corrected chi connectivity index (χ0v) is 13.3. The number of amides is 1. The van der Waals surface area contributed by atoms with Gasteiger partial charge >= 0.3 is 0 Å². The third-order valence-corrected chi connectivity index (χ3v) is 4.61. The van der Waals surface area contributed by atoms with Crippen LogP contribution in [0.5, 0.6) is 5.75 Å². The maximum atomic E-state index is 12.4. The maximum Gasteiger partial charge on any atom is 0.265 e. The number of ether oxygens (including phenoxy) is 1. The molecule has 0 radical (unpaired) electrons. The van der Waals surface area contributed by atoms with Gasteiger partial charge in [-0.2, -0.15) is 4.98 Å². The zero-order chi connectivity index (χ0) is 16.6. The van der Waals surface area contributed by atoms with Crippen molar-refractivity contribution in [3.8, 4) is 5.75 Å². The predicted molar refractivity (Wildman–Crippen MR) is 81.7 cm³/mol. The van der Waals surface area contributed by atoms with Gasteiger partial charge in [-0.1, -0.05) is 6.92 Å². The monoisotopic (exact) mass is 337 g/mol. The van der Waals surface area contributed by atoms with Crippen molar-refractivity contribution in [1.82, 2.24) is 15.2 Å². The van der Waals surface area contributed by atoms with Gasteiger partial charge in [0, 0.05) is 6.42 Å². The number of anilines is 2. The number of rotatable bonds is 4. The number of aryl methyl sites for hydroxylation is 1. The highest BCUT2D eigenvalue weighted by molar-refractivity contribution is 7.92. The van der Waals surface area contributed by atoms with E-state index in [1.807, 2.05) is 6.92 Å². The van der Waals surface area contributed by atoms with E-state index in [9.17, 15) is 13.2 Å². The number of H-pyrrole nitrogens is 1. The van der Waals surface area contributed by atoms with E-state index in [2.05, 4.69) is 25.2 Å². The number of fused-ring (bicyclic) bond motifs is 1. The molecule has 1 aromatic carbocycles. The molecule has 2 heterocycles. The van der Waals surface area contributed by atoms with Crippen LogP contribution >= 0.6 is 0 Å². The number of benzene rings is 1. The van der Waals surface area contributed by atoms with E-state index in [0.717, 1.165) is 0 Å². The van der Waals surface area contributed by atoms with Gasteiger partial charge < -0.3 is 10.1 Å². The largest absolute Gasteiger partial charge is 0.479 e. The van der Waals surface area contributed by atoms with Crippen molar-refractivity contribution in [2.75, 3.05) is 10.0 Å². The summed E-state index contributed by atoms with van der Waals surface area (Å²) in [4.78, 5) is 15.6. The average molecular weight is 337 g/mol. The first-order valence-corrected chi connectivity index (χ1v) is 8.43. The van der Waals surface area contributed by atoms with Gasteiger partial charge in [-0.05, 0) is 25.1 Å². The van der Waals surface area contributed by atoms with Crippen molar-refractivity contribution in [2.24, 2.45) is 0 Å². The minimum absolute atomic E-state index is 0.0300. The van der Waals surface area contributed by atoms with Crippen LogP contribution in [0.3, 0.4) is 0 Å². The van der Waals surface area contributed by atoms with E-state index in [4.69, 9.17) is 4.74 Å². The van der Waals surface area contributed by atoms with Gasteiger partial charge in [0.2, 0.25) is 0 Å². The summed E-state index contributed by atoms with van der Waals surface area (Å²) in [7, 11) is -3.87. The molecule has 3 rings (SSSR count). The third-order valence-electron chi connectivity index (χ3n) is 3.28. The molecule has 0 saturated heterocycles. The summed E-state index contributed by atoms with van der Waals surface area (Å²) in [5.74, 6) is 0.625. The van der Waals surface area contributed by atoms with Crippen molar-refractivity contribution in [3.63, 3.8) is 0 Å². The van der Waals surface area contributed by atoms with Gasteiger partial charge in [0.15, 0.2) is 6.10 Å². The minimum Gasteiger partial charge on any atom is -0.479 e. The fraction of sp³-hybridized carbons (Fsp3) is 0.308. The number of hydrogen-bond acceptors (Lipinski definition) is 6. The molecule has 2 aromatic rings. The van der Waals surface area contributed by atoms with E-state index in [1.54, 1.807) is 6.92 Å². The van der Waals surface area contributed by atoms with E-state index in [1.165, 1.54) is 18.2 Å². The quantitative estimate of drug-likeness (QED) is 0.760. The van der Waals surface area contributed by atoms with Gasteiger partial charge in [-0.3, -0.25) is 9.89 Å². The summed E-state index contributed by atoms with van der Waals surface area (Å²) in [6, 6.07) is 4.21. The van der Waals surface area contributed by atoms with Crippen molar-refractivity contribution in [2.45, 2.75) is 31.3 Å². The van der Waals surface area contributed by atoms with Crippen LogP contribution in [0.4, 0.5) is 11.6 Å². The fourth-order valence-electron chi connectivity index (χ4n) is 2.03. The number of nitrogens with zero attached hydrogens (tertiary/aromatic N) is 2. The molecule has 0 spiro atoms. The van der Waals surface area contributed by atoms with Gasteiger partial charge in [-0.25, -0.2) is 13.1 Å². The number of nitrogens with one attached hydrogen (secondary N) is 3. The van der Waals surface area contributed by atoms with Crippen molar-refractivity contribution in [3.05, 3.63) is 24.0 Å². The molecule has 122 valence electrons. The van der Waals surface area contributed by atoms with Crippen LogP contribution in [0, 0.1) is 0 Å². The molecule has 1 aliphatic heterocycles. The highest BCUT2D eigenvalue weighted by atomic mass is 32.2. The Balaban J connectivity index is 1.88. The molecule has 3 N–H and O–H groups in total. The number of sulfonamides is 1. The Morgan fingerprint density at radius 2 is 2.17 bits per heavy atom. The highest BCUT2D eigenvalue weighted by Crippen LogP contribution is 2.32. The number of hydrogen-bond donors (Lipinski definition) is 3. The van der Waals surface area contributed by atoms with E-state index in [-0.39, 0.29) is 16.8 Å². The Kier molecular flexibility index (Phi) is 3.68. The third kappa shape index (κ3) is 2.97. The van der Waals surface area contributed by atoms with Gasteiger partial charge in [0.25, 0.3) is 21.9 Å². The molecule has 0 bridgehead atoms. The first kappa shape index (κ1) is 15.3. The lowest BCUT2D eigenvalue weighted by atomic mass is 10.2. The van der Waals surface area contributed by atoms with Gasteiger partial charge in [-0.15, -0.1) is 5.10 Å². The summed E-state index contributed by atoms with van der Waals surface area (Å²) in [6.07, 6.45) is -0.0152. The summed E-state index contributed by atoms with van der Waals surface area (Å²) < 4.78 is 32.4. The lowest BCUT2D eigenvalue weighted by Crippen LogP contribution is -2.34. The first-order chi connectivity index (χ1) is 10.9. The van der Waals surface area contributed by atoms with E-state index < -0.39 is 16.1 Å². The molecular formula is C13H15N5O4S.